The van der Waals surface area contributed by atoms with E-state index in [9.17, 15) is 14.4 Å². The maximum absolute atomic E-state index is 11.8. The van der Waals surface area contributed by atoms with Gasteiger partial charge >= 0.3 is 0 Å². The zero-order chi connectivity index (χ0) is 13.1. The van der Waals surface area contributed by atoms with Gasteiger partial charge in [0.05, 0.1) is 0 Å². The van der Waals surface area contributed by atoms with Crippen LogP contribution in [0.1, 0.15) is 23.2 Å². The molecule has 1 aromatic heterocycles. The van der Waals surface area contributed by atoms with Gasteiger partial charge in [-0.3, -0.25) is 19.7 Å². The molecule has 7 heteroatoms. The molecular weight excluding hydrogens is 236 g/mol. The molecule has 4 N–H and O–H groups in total. The third-order valence-corrected chi connectivity index (χ3v) is 2.59. The van der Waals surface area contributed by atoms with E-state index < -0.39 is 17.9 Å². The summed E-state index contributed by atoms with van der Waals surface area (Å²) in [6.45, 7) is 0. The Labute approximate surface area is 103 Å². The Morgan fingerprint density at radius 3 is 2.94 bits per heavy atom. The number of pyridine rings is 1. The van der Waals surface area contributed by atoms with Gasteiger partial charge in [-0.15, -0.1) is 0 Å². The molecule has 0 spiro atoms. The summed E-state index contributed by atoms with van der Waals surface area (Å²) in [4.78, 5) is 38.0. The van der Waals surface area contributed by atoms with E-state index in [-0.39, 0.29) is 18.1 Å². The van der Waals surface area contributed by atoms with Crippen molar-refractivity contribution < 1.29 is 14.4 Å². The maximum atomic E-state index is 11.8. The number of carbonyl (C=O) groups excluding carboxylic acids is 3. The Hall–Kier alpha value is -2.44. The van der Waals surface area contributed by atoms with E-state index in [1.165, 1.54) is 18.3 Å². The first-order chi connectivity index (χ1) is 8.56. The summed E-state index contributed by atoms with van der Waals surface area (Å²) in [6.07, 6.45) is 1.93. The molecule has 1 aromatic rings. The highest BCUT2D eigenvalue weighted by molar-refractivity contribution is 6.03. The molecule has 1 aliphatic rings. The fraction of sp³-hybridized carbons (Fsp3) is 0.273. The Kier molecular flexibility index (Phi) is 3.22. The molecule has 1 unspecified atom stereocenters. The first-order valence-corrected chi connectivity index (χ1v) is 5.42. The molecule has 7 nitrogen and oxygen atoms in total. The lowest BCUT2D eigenvalue weighted by atomic mass is 10.1. The molecule has 3 amide bonds. The highest BCUT2D eigenvalue weighted by Gasteiger charge is 2.27. The van der Waals surface area contributed by atoms with Gasteiger partial charge in [0.2, 0.25) is 11.8 Å². The second kappa shape index (κ2) is 4.82. The van der Waals surface area contributed by atoms with Crippen LogP contribution in [0.15, 0.2) is 18.3 Å². The van der Waals surface area contributed by atoms with Gasteiger partial charge in [0.25, 0.3) is 5.91 Å². The molecule has 2 rings (SSSR count). The van der Waals surface area contributed by atoms with Crippen LogP contribution < -0.4 is 16.4 Å². The lowest BCUT2D eigenvalue weighted by Gasteiger charge is -2.21. The number of nitrogens with two attached hydrogens (primary N) is 1. The Bertz CT molecular complexity index is 515. The first-order valence-electron chi connectivity index (χ1n) is 5.42. The molecule has 0 aromatic carbocycles. The number of aromatic nitrogens is 1. The van der Waals surface area contributed by atoms with Crippen molar-refractivity contribution in [2.75, 3.05) is 5.73 Å². The van der Waals surface area contributed by atoms with Crippen molar-refractivity contribution in [2.45, 2.75) is 18.9 Å². The largest absolute Gasteiger partial charge is 0.384 e. The van der Waals surface area contributed by atoms with Crippen molar-refractivity contribution in [3.05, 3.63) is 23.9 Å². The number of piperidine rings is 1. The van der Waals surface area contributed by atoms with Crippen molar-refractivity contribution in [1.82, 2.24) is 15.6 Å². The molecule has 0 aliphatic carbocycles. The van der Waals surface area contributed by atoms with E-state index in [0.717, 1.165) is 0 Å². The Morgan fingerprint density at radius 1 is 1.50 bits per heavy atom. The lowest BCUT2D eigenvalue weighted by Crippen LogP contribution is -2.52. The van der Waals surface area contributed by atoms with Crippen LogP contribution in [0, 0.1) is 0 Å². The van der Waals surface area contributed by atoms with Crippen LogP contribution in [0.3, 0.4) is 0 Å². The van der Waals surface area contributed by atoms with E-state index in [0.29, 0.717) is 12.0 Å². The fourth-order valence-corrected chi connectivity index (χ4v) is 1.66. The van der Waals surface area contributed by atoms with Gasteiger partial charge in [0.1, 0.15) is 11.9 Å². The van der Waals surface area contributed by atoms with E-state index >= 15 is 0 Å². The lowest BCUT2D eigenvalue weighted by molar-refractivity contribution is -0.134. The Balaban J connectivity index is 2.03. The number of nitrogens with one attached hydrogen (secondary N) is 2. The molecule has 2 heterocycles. The smallest absolute Gasteiger partial charge is 0.252 e. The Morgan fingerprint density at radius 2 is 2.28 bits per heavy atom. The van der Waals surface area contributed by atoms with Gasteiger partial charge in [0.15, 0.2) is 0 Å². The first kappa shape index (κ1) is 12.0. The topological polar surface area (TPSA) is 114 Å². The summed E-state index contributed by atoms with van der Waals surface area (Å²) < 4.78 is 0. The van der Waals surface area contributed by atoms with Gasteiger partial charge in [-0.05, 0) is 18.6 Å². The monoisotopic (exact) mass is 248 g/mol. The third kappa shape index (κ3) is 2.62. The van der Waals surface area contributed by atoms with Gasteiger partial charge in [-0.25, -0.2) is 4.98 Å². The summed E-state index contributed by atoms with van der Waals surface area (Å²) in [6, 6.07) is 2.23. The van der Waals surface area contributed by atoms with Crippen molar-refractivity contribution in [3.8, 4) is 0 Å². The molecule has 0 radical (unpaired) electrons. The highest BCUT2D eigenvalue weighted by atomic mass is 16.2. The minimum Gasteiger partial charge on any atom is -0.384 e. The summed E-state index contributed by atoms with van der Waals surface area (Å²) >= 11 is 0. The standard InChI is InChI=1S/C11H12N4O3/c12-8-5-6(3-4-13-8)10(17)14-7-1-2-9(16)15-11(7)18/h3-5,7H,1-2H2,(H2,12,13)(H,14,17)(H,15,16,18). The van der Waals surface area contributed by atoms with Crippen molar-refractivity contribution in [2.24, 2.45) is 0 Å². The minimum absolute atomic E-state index is 0.217. The summed E-state index contributed by atoms with van der Waals surface area (Å²) in [5, 5.41) is 4.71. The van der Waals surface area contributed by atoms with Gasteiger partial charge in [-0.2, -0.15) is 0 Å². The molecule has 1 saturated heterocycles. The molecule has 0 saturated carbocycles. The predicted molar refractivity (Wildman–Crippen MR) is 62.3 cm³/mol. The average molecular weight is 248 g/mol. The van der Waals surface area contributed by atoms with Gasteiger partial charge < -0.3 is 11.1 Å². The van der Waals surface area contributed by atoms with Crippen LogP contribution in [-0.2, 0) is 9.59 Å². The quantitative estimate of drug-likeness (QED) is 0.593. The predicted octanol–water partition coefficient (Wildman–Crippen LogP) is -0.801. The number of nitrogen functional groups attached to an aromatic ring is 1. The zero-order valence-corrected chi connectivity index (χ0v) is 9.47. The van der Waals surface area contributed by atoms with Crippen LogP contribution in [0.5, 0.6) is 0 Å². The van der Waals surface area contributed by atoms with Crippen LogP contribution in [0.4, 0.5) is 5.82 Å². The van der Waals surface area contributed by atoms with E-state index in [1.807, 2.05) is 0 Å². The van der Waals surface area contributed by atoms with Crippen LogP contribution in [0.2, 0.25) is 0 Å². The normalized spacial score (nSPS) is 19.2. The second-order valence-electron chi connectivity index (χ2n) is 3.95. The molecule has 1 atom stereocenters. The fourth-order valence-electron chi connectivity index (χ4n) is 1.66. The molecular formula is C11H12N4O3. The number of carbonyl (C=O) groups is 3. The minimum atomic E-state index is -0.690. The van der Waals surface area contributed by atoms with E-state index in [1.54, 1.807) is 0 Å². The highest BCUT2D eigenvalue weighted by Crippen LogP contribution is 2.07. The van der Waals surface area contributed by atoms with Gasteiger partial charge in [0, 0.05) is 18.2 Å². The summed E-state index contributed by atoms with van der Waals surface area (Å²) in [5.74, 6) is -0.996. The zero-order valence-electron chi connectivity index (χ0n) is 9.47. The average Bonchev–Trinajstić information content (AvgIpc) is 2.32. The number of hydrogen-bond acceptors (Lipinski definition) is 5. The second-order valence-corrected chi connectivity index (χ2v) is 3.95. The van der Waals surface area contributed by atoms with Crippen molar-refractivity contribution in [1.29, 1.82) is 0 Å². The number of nitrogens with zero attached hydrogens (tertiary/aromatic N) is 1. The number of anilines is 1. The molecule has 0 bridgehead atoms. The SMILES string of the molecule is Nc1cc(C(=O)NC2CCC(=O)NC2=O)ccn1. The van der Waals surface area contributed by atoms with E-state index in [2.05, 4.69) is 15.6 Å². The third-order valence-electron chi connectivity index (χ3n) is 2.59. The van der Waals surface area contributed by atoms with Crippen LogP contribution >= 0.6 is 0 Å². The van der Waals surface area contributed by atoms with Crippen LogP contribution in [0.25, 0.3) is 0 Å². The molecule has 1 aliphatic heterocycles. The summed E-state index contributed by atoms with van der Waals surface area (Å²) in [5.41, 5.74) is 5.79. The number of amides is 3. The molecule has 1 fully saturated rings. The number of rotatable bonds is 2. The maximum Gasteiger partial charge on any atom is 0.252 e. The molecule has 94 valence electrons. The molecule has 18 heavy (non-hydrogen) atoms. The van der Waals surface area contributed by atoms with Crippen LogP contribution in [-0.4, -0.2) is 28.7 Å². The summed E-state index contributed by atoms with van der Waals surface area (Å²) in [7, 11) is 0. The van der Waals surface area contributed by atoms with Gasteiger partial charge in [-0.1, -0.05) is 0 Å². The number of imide groups is 1. The number of hydrogen-bond donors (Lipinski definition) is 3. The van der Waals surface area contributed by atoms with Crippen molar-refractivity contribution >= 4 is 23.5 Å². The van der Waals surface area contributed by atoms with E-state index in [4.69, 9.17) is 5.73 Å². The van der Waals surface area contributed by atoms with Crippen molar-refractivity contribution in [3.63, 3.8) is 0 Å².